The highest BCUT2D eigenvalue weighted by atomic mass is 32.2. The first kappa shape index (κ1) is 17.6. The van der Waals surface area contributed by atoms with Crippen LogP contribution in [0.4, 0.5) is 10.1 Å². The number of carbonyl (C=O) groups is 1. The van der Waals surface area contributed by atoms with Crippen LogP contribution in [0.2, 0.25) is 0 Å². The number of halogens is 1. The Morgan fingerprint density at radius 3 is 2.24 bits per heavy atom. The number of nitrogens with one attached hydrogen (secondary N) is 1. The van der Waals surface area contributed by atoms with Crippen molar-refractivity contribution in [3.8, 4) is 0 Å². The van der Waals surface area contributed by atoms with Crippen LogP contribution in [-0.4, -0.2) is 24.7 Å². The summed E-state index contributed by atoms with van der Waals surface area (Å²) in [5, 5.41) is 2.61. The molecule has 1 fully saturated rings. The lowest BCUT2D eigenvalue weighted by Crippen LogP contribution is -2.32. The molecule has 0 aliphatic heterocycles. The van der Waals surface area contributed by atoms with E-state index >= 15 is 0 Å². The van der Waals surface area contributed by atoms with Crippen molar-refractivity contribution in [1.82, 2.24) is 4.31 Å². The molecule has 0 bridgehead atoms. The van der Waals surface area contributed by atoms with Gasteiger partial charge in [-0.3, -0.25) is 4.79 Å². The molecular formula is C18H19FN2O3S. The van der Waals surface area contributed by atoms with E-state index in [1.807, 2.05) is 0 Å². The Kier molecular flexibility index (Phi) is 4.87. The summed E-state index contributed by atoms with van der Waals surface area (Å²) < 4.78 is 40.5. The van der Waals surface area contributed by atoms with E-state index in [1.165, 1.54) is 35.5 Å². The normalized spacial score (nSPS) is 14.5. The number of hydrogen-bond acceptors (Lipinski definition) is 3. The topological polar surface area (TPSA) is 66.5 Å². The van der Waals surface area contributed by atoms with Crippen LogP contribution in [0.1, 0.15) is 25.3 Å². The first-order chi connectivity index (χ1) is 11.9. The molecule has 0 aromatic heterocycles. The molecule has 2 aromatic carbocycles. The van der Waals surface area contributed by atoms with Crippen LogP contribution in [0.3, 0.4) is 0 Å². The molecule has 132 valence electrons. The molecule has 5 nitrogen and oxygen atoms in total. The van der Waals surface area contributed by atoms with Gasteiger partial charge in [-0.05, 0) is 54.8 Å². The van der Waals surface area contributed by atoms with Crippen molar-refractivity contribution in [2.45, 2.75) is 37.2 Å². The fraction of sp³-hybridized carbons (Fsp3) is 0.278. The largest absolute Gasteiger partial charge is 0.326 e. The highest BCUT2D eigenvalue weighted by Gasteiger charge is 2.38. The highest BCUT2D eigenvalue weighted by molar-refractivity contribution is 7.89. The van der Waals surface area contributed by atoms with Gasteiger partial charge in [-0.1, -0.05) is 12.1 Å². The van der Waals surface area contributed by atoms with E-state index in [9.17, 15) is 17.6 Å². The maximum atomic E-state index is 13.1. The summed E-state index contributed by atoms with van der Waals surface area (Å²) in [6, 6.07) is 11.9. The van der Waals surface area contributed by atoms with Crippen molar-refractivity contribution in [1.29, 1.82) is 0 Å². The maximum Gasteiger partial charge on any atom is 0.243 e. The Hall–Kier alpha value is -2.25. The van der Waals surface area contributed by atoms with Gasteiger partial charge in [-0.2, -0.15) is 4.31 Å². The van der Waals surface area contributed by atoms with Crippen LogP contribution in [0.5, 0.6) is 0 Å². The van der Waals surface area contributed by atoms with E-state index in [1.54, 1.807) is 24.3 Å². The highest BCUT2D eigenvalue weighted by Crippen LogP contribution is 2.33. The smallest absolute Gasteiger partial charge is 0.243 e. The maximum absolute atomic E-state index is 13.1. The molecule has 0 atom stereocenters. The van der Waals surface area contributed by atoms with Gasteiger partial charge in [0.1, 0.15) is 5.82 Å². The van der Waals surface area contributed by atoms with Gasteiger partial charge in [0, 0.05) is 25.2 Å². The van der Waals surface area contributed by atoms with Gasteiger partial charge in [-0.25, -0.2) is 12.8 Å². The van der Waals surface area contributed by atoms with Gasteiger partial charge >= 0.3 is 0 Å². The second kappa shape index (κ2) is 6.93. The van der Waals surface area contributed by atoms with Crippen LogP contribution < -0.4 is 5.32 Å². The van der Waals surface area contributed by atoms with Crippen molar-refractivity contribution in [3.63, 3.8) is 0 Å². The molecule has 3 rings (SSSR count). The summed E-state index contributed by atoms with van der Waals surface area (Å²) in [6.07, 6.45) is 1.65. The van der Waals surface area contributed by atoms with Crippen molar-refractivity contribution in [2.24, 2.45) is 0 Å². The quantitative estimate of drug-likeness (QED) is 0.858. The minimum absolute atomic E-state index is 0.0231. The number of hydrogen-bond donors (Lipinski definition) is 1. The predicted molar refractivity (Wildman–Crippen MR) is 92.9 cm³/mol. The molecule has 1 saturated carbocycles. The fourth-order valence-electron chi connectivity index (χ4n) is 2.59. The predicted octanol–water partition coefficient (Wildman–Crippen LogP) is 3.14. The number of anilines is 1. The van der Waals surface area contributed by atoms with Gasteiger partial charge in [0.25, 0.3) is 0 Å². The molecule has 1 aliphatic rings. The monoisotopic (exact) mass is 362 g/mol. The molecule has 0 heterocycles. The molecule has 1 N–H and O–H groups in total. The van der Waals surface area contributed by atoms with Crippen LogP contribution in [0.25, 0.3) is 0 Å². The second-order valence-corrected chi connectivity index (χ2v) is 8.00. The number of benzene rings is 2. The standard InChI is InChI=1S/C18H19FN2O3S/c1-13(22)20-16-6-10-18(11-7-16)25(23,24)21(17-8-9-17)12-14-2-4-15(19)5-3-14/h2-7,10-11,17H,8-9,12H2,1H3,(H,20,22). The van der Waals surface area contributed by atoms with Gasteiger partial charge in [0.2, 0.25) is 15.9 Å². The van der Waals surface area contributed by atoms with Crippen molar-refractivity contribution >= 4 is 21.6 Å². The lowest BCUT2D eigenvalue weighted by atomic mass is 10.2. The van der Waals surface area contributed by atoms with Crippen molar-refractivity contribution < 1.29 is 17.6 Å². The summed E-state index contributed by atoms with van der Waals surface area (Å²) in [5.41, 5.74) is 1.29. The Balaban J connectivity index is 1.84. The molecule has 1 amide bonds. The van der Waals surface area contributed by atoms with Gasteiger partial charge in [0.05, 0.1) is 4.90 Å². The van der Waals surface area contributed by atoms with Gasteiger partial charge < -0.3 is 5.32 Å². The minimum Gasteiger partial charge on any atom is -0.326 e. The zero-order chi connectivity index (χ0) is 18.0. The van der Waals surface area contributed by atoms with Crippen LogP contribution in [0, 0.1) is 5.82 Å². The number of amides is 1. The van der Waals surface area contributed by atoms with Crippen molar-refractivity contribution in [3.05, 3.63) is 59.9 Å². The second-order valence-electron chi connectivity index (χ2n) is 6.11. The van der Waals surface area contributed by atoms with Crippen LogP contribution >= 0.6 is 0 Å². The van der Waals surface area contributed by atoms with E-state index in [2.05, 4.69) is 5.32 Å². The van der Waals surface area contributed by atoms with E-state index in [4.69, 9.17) is 0 Å². The van der Waals surface area contributed by atoms with Gasteiger partial charge in [0.15, 0.2) is 0 Å². The SMILES string of the molecule is CC(=O)Nc1ccc(S(=O)(=O)N(Cc2ccc(F)cc2)C2CC2)cc1. The Bertz CT molecular complexity index is 860. The summed E-state index contributed by atoms with van der Waals surface area (Å²) in [5.74, 6) is -0.565. The Morgan fingerprint density at radius 1 is 1.12 bits per heavy atom. The number of nitrogens with zero attached hydrogens (tertiary/aromatic N) is 1. The third-order valence-corrected chi connectivity index (χ3v) is 5.90. The molecule has 0 unspecified atom stereocenters. The third kappa shape index (κ3) is 4.24. The lowest BCUT2D eigenvalue weighted by Gasteiger charge is -2.22. The first-order valence-electron chi connectivity index (χ1n) is 8.00. The molecule has 1 aliphatic carbocycles. The molecule has 2 aromatic rings. The average molecular weight is 362 g/mol. The zero-order valence-corrected chi connectivity index (χ0v) is 14.6. The molecule has 0 saturated heterocycles. The van der Waals surface area contributed by atoms with E-state index in [-0.39, 0.29) is 29.2 Å². The number of sulfonamides is 1. The van der Waals surface area contributed by atoms with Gasteiger partial charge in [-0.15, -0.1) is 0 Å². The lowest BCUT2D eigenvalue weighted by molar-refractivity contribution is -0.114. The number of rotatable bonds is 6. The van der Waals surface area contributed by atoms with E-state index in [0.717, 1.165) is 18.4 Å². The zero-order valence-electron chi connectivity index (χ0n) is 13.8. The summed E-state index contributed by atoms with van der Waals surface area (Å²) in [7, 11) is -3.66. The Morgan fingerprint density at radius 2 is 1.72 bits per heavy atom. The Labute approximate surface area is 146 Å². The fourth-order valence-corrected chi connectivity index (χ4v) is 4.26. The molecule has 7 heteroatoms. The van der Waals surface area contributed by atoms with Crippen molar-refractivity contribution in [2.75, 3.05) is 5.32 Å². The molecule has 25 heavy (non-hydrogen) atoms. The van der Waals surface area contributed by atoms with E-state index in [0.29, 0.717) is 5.69 Å². The molecule has 0 radical (unpaired) electrons. The molecule has 0 spiro atoms. The molecular weight excluding hydrogens is 343 g/mol. The summed E-state index contributed by atoms with van der Waals surface area (Å²) >= 11 is 0. The van der Waals surface area contributed by atoms with Crippen LogP contribution in [-0.2, 0) is 21.4 Å². The average Bonchev–Trinajstić information content (AvgIpc) is 3.39. The summed E-state index contributed by atoms with van der Waals surface area (Å²) in [6.45, 7) is 1.60. The van der Waals surface area contributed by atoms with E-state index < -0.39 is 10.0 Å². The number of carbonyl (C=O) groups excluding carboxylic acids is 1. The van der Waals surface area contributed by atoms with Crippen LogP contribution in [0.15, 0.2) is 53.4 Å². The summed E-state index contributed by atoms with van der Waals surface area (Å²) in [4.78, 5) is 11.2. The first-order valence-corrected chi connectivity index (χ1v) is 9.44. The minimum atomic E-state index is -3.66. The third-order valence-electron chi connectivity index (χ3n) is 3.99.